The first-order valence-electron chi connectivity index (χ1n) is 7.89. The van der Waals surface area contributed by atoms with E-state index in [2.05, 4.69) is 4.99 Å². The quantitative estimate of drug-likeness (QED) is 0.722. The highest BCUT2D eigenvalue weighted by Crippen LogP contribution is 2.36. The molecule has 0 unspecified atom stereocenters. The lowest BCUT2D eigenvalue weighted by atomic mass is 10.1. The molecule has 0 bridgehead atoms. The van der Waals surface area contributed by atoms with Gasteiger partial charge in [-0.3, -0.25) is 4.79 Å². The summed E-state index contributed by atoms with van der Waals surface area (Å²) < 4.78 is 26.8. The van der Waals surface area contributed by atoms with Gasteiger partial charge in [-0.1, -0.05) is 23.5 Å². The number of aromatic nitrogens is 1. The van der Waals surface area contributed by atoms with E-state index in [0.29, 0.717) is 22.8 Å². The van der Waals surface area contributed by atoms with Crippen LogP contribution in [0.25, 0.3) is 10.2 Å². The number of fused-ring (bicyclic) bond motifs is 2. The van der Waals surface area contributed by atoms with E-state index in [0.717, 1.165) is 15.8 Å². The van der Waals surface area contributed by atoms with Gasteiger partial charge in [0, 0.05) is 18.7 Å². The first kappa shape index (κ1) is 15.8. The average Bonchev–Trinajstić information content (AvgIpc) is 3.17. The number of hydrogen-bond donors (Lipinski definition) is 0. The molecule has 5 nitrogen and oxygen atoms in total. The highest BCUT2D eigenvalue weighted by Gasteiger charge is 2.17. The van der Waals surface area contributed by atoms with E-state index in [-0.39, 0.29) is 24.9 Å². The van der Waals surface area contributed by atoms with Gasteiger partial charge in [0.05, 0.1) is 16.6 Å². The van der Waals surface area contributed by atoms with Crippen LogP contribution in [0.1, 0.15) is 12.5 Å². The third-order valence-electron chi connectivity index (χ3n) is 3.98. The van der Waals surface area contributed by atoms with Crippen molar-refractivity contribution in [3.63, 3.8) is 0 Å². The highest BCUT2D eigenvalue weighted by molar-refractivity contribution is 7.16. The van der Waals surface area contributed by atoms with Crippen molar-refractivity contribution in [2.45, 2.75) is 19.9 Å². The van der Waals surface area contributed by atoms with Gasteiger partial charge in [-0.15, -0.1) is 0 Å². The van der Waals surface area contributed by atoms with Crippen LogP contribution in [-0.2, 0) is 17.8 Å². The van der Waals surface area contributed by atoms with Crippen molar-refractivity contribution in [2.75, 3.05) is 6.79 Å². The first-order valence-corrected chi connectivity index (χ1v) is 8.70. The predicted molar refractivity (Wildman–Crippen MR) is 92.3 cm³/mol. The molecule has 3 aromatic rings. The van der Waals surface area contributed by atoms with Crippen LogP contribution in [0.5, 0.6) is 11.5 Å². The van der Waals surface area contributed by atoms with Crippen LogP contribution in [0, 0.1) is 5.82 Å². The van der Waals surface area contributed by atoms with E-state index in [9.17, 15) is 9.18 Å². The van der Waals surface area contributed by atoms with Crippen molar-refractivity contribution in [1.29, 1.82) is 0 Å². The number of halogens is 1. The third-order valence-corrected chi connectivity index (χ3v) is 5.02. The fourth-order valence-electron chi connectivity index (χ4n) is 2.77. The molecule has 1 aliphatic heterocycles. The molecule has 0 saturated heterocycles. The number of benzene rings is 2. The summed E-state index contributed by atoms with van der Waals surface area (Å²) in [6, 6.07) is 9.71. The van der Waals surface area contributed by atoms with Crippen molar-refractivity contribution >= 4 is 27.5 Å². The van der Waals surface area contributed by atoms with Crippen molar-refractivity contribution in [2.24, 2.45) is 4.99 Å². The number of ether oxygens (including phenoxy) is 2. The van der Waals surface area contributed by atoms with Gasteiger partial charge < -0.3 is 14.0 Å². The van der Waals surface area contributed by atoms with Crippen molar-refractivity contribution in [3.05, 3.63) is 52.6 Å². The molecule has 1 aromatic heterocycles. The second kappa shape index (κ2) is 6.33. The maximum atomic E-state index is 13.0. The zero-order chi connectivity index (χ0) is 17.4. The number of hydrogen-bond acceptors (Lipinski definition) is 4. The average molecular weight is 358 g/mol. The third kappa shape index (κ3) is 3.02. The normalized spacial score (nSPS) is 13.6. The van der Waals surface area contributed by atoms with E-state index in [4.69, 9.17) is 9.47 Å². The topological polar surface area (TPSA) is 52.8 Å². The number of carbonyl (C=O) groups is 1. The summed E-state index contributed by atoms with van der Waals surface area (Å²) >= 11 is 1.44. The number of nitrogens with zero attached hydrogens (tertiary/aromatic N) is 2. The number of rotatable bonds is 3. The Bertz CT molecular complexity index is 1020. The smallest absolute Gasteiger partial charge is 0.252 e. The molecule has 0 atom stereocenters. The summed E-state index contributed by atoms with van der Waals surface area (Å²) in [5, 5.41) is 0. The largest absolute Gasteiger partial charge is 0.454 e. The Labute approximate surface area is 147 Å². The van der Waals surface area contributed by atoms with E-state index in [1.54, 1.807) is 12.1 Å². The van der Waals surface area contributed by atoms with E-state index >= 15 is 0 Å². The number of amides is 1. The van der Waals surface area contributed by atoms with Gasteiger partial charge >= 0.3 is 0 Å². The molecule has 1 aliphatic rings. The van der Waals surface area contributed by atoms with Crippen LogP contribution in [0.15, 0.2) is 41.4 Å². The zero-order valence-electron chi connectivity index (χ0n) is 13.5. The van der Waals surface area contributed by atoms with Crippen LogP contribution in [0.4, 0.5) is 4.39 Å². The van der Waals surface area contributed by atoms with E-state index in [1.165, 1.54) is 23.5 Å². The Hall–Kier alpha value is -2.67. The van der Waals surface area contributed by atoms with Crippen LogP contribution >= 0.6 is 11.3 Å². The second-order valence-electron chi connectivity index (χ2n) is 5.61. The van der Waals surface area contributed by atoms with Gasteiger partial charge in [-0.05, 0) is 24.6 Å². The Morgan fingerprint density at radius 3 is 2.68 bits per heavy atom. The molecule has 0 N–H and O–H groups in total. The minimum absolute atomic E-state index is 0.140. The monoisotopic (exact) mass is 358 g/mol. The molecule has 0 fully saturated rings. The number of carbonyl (C=O) groups excluding carboxylic acids is 1. The molecule has 2 aromatic carbocycles. The summed E-state index contributed by atoms with van der Waals surface area (Å²) in [4.78, 5) is 17.2. The second-order valence-corrected chi connectivity index (χ2v) is 6.62. The van der Waals surface area contributed by atoms with Gasteiger partial charge in [0.2, 0.25) is 6.79 Å². The molecule has 128 valence electrons. The maximum Gasteiger partial charge on any atom is 0.252 e. The van der Waals surface area contributed by atoms with Crippen molar-refractivity contribution in [3.8, 4) is 11.5 Å². The summed E-state index contributed by atoms with van der Waals surface area (Å²) in [5.74, 6) is 0.831. The molecular weight excluding hydrogens is 343 g/mol. The zero-order valence-corrected chi connectivity index (χ0v) is 14.3. The standard InChI is InChI=1S/C18H15FN2O3S/c1-2-21-13-8-14-15(24-10-23-14)9-16(13)25-18(21)20-17(22)7-11-3-5-12(19)6-4-11/h3-6,8-9H,2,7,10H2,1H3. The minimum atomic E-state index is -0.320. The van der Waals surface area contributed by atoms with Crippen molar-refractivity contribution < 1.29 is 18.7 Å². The fourth-order valence-corrected chi connectivity index (χ4v) is 3.90. The van der Waals surface area contributed by atoms with Gasteiger partial charge in [-0.2, -0.15) is 4.99 Å². The summed E-state index contributed by atoms with van der Waals surface area (Å²) in [7, 11) is 0. The van der Waals surface area contributed by atoms with Crippen LogP contribution in [0.2, 0.25) is 0 Å². The molecule has 7 heteroatoms. The summed E-state index contributed by atoms with van der Waals surface area (Å²) in [6.07, 6.45) is 0.140. The molecule has 2 heterocycles. The molecule has 0 saturated carbocycles. The predicted octanol–water partition coefficient (Wildman–Crippen LogP) is 3.26. The molecular formula is C18H15FN2O3S. The van der Waals surface area contributed by atoms with Crippen LogP contribution < -0.4 is 14.3 Å². The van der Waals surface area contributed by atoms with Gasteiger partial charge in [0.1, 0.15) is 5.82 Å². The SMILES string of the molecule is CCn1c(=NC(=O)Cc2ccc(F)cc2)sc2cc3c(cc21)OCO3. The molecule has 25 heavy (non-hydrogen) atoms. The number of thiazole rings is 1. The van der Waals surface area contributed by atoms with Gasteiger partial charge in [0.15, 0.2) is 16.3 Å². The Morgan fingerprint density at radius 1 is 1.24 bits per heavy atom. The molecule has 0 spiro atoms. The molecule has 1 amide bonds. The van der Waals surface area contributed by atoms with E-state index < -0.39 is 0 Å². The first-order chi connectivity index (χ1) is 12.1. The summed E-state index contributed by atoms with van der Waals surface area (Å²) in [6.45, 7) is 2.91. The Kier molecular flexibility index (Phi) is 4.01. The minimum Gasteiger partial charge on any atom is -0.454 e. The molecule has 4 rings (SSSR count). The van der Waals surface area contributed by atoms with Crippen molar-refractivity contribution in [1.82, 2.24) is 4.57 Å². The van der Waals surface area contributed by atoms with Crippen LogP contribution in [0.3, 0.4) is 0 Å². The maximum absolute atomic E-state index is 13.0. The Balaban J connectivity index is 1.71. The lowest BCUT2D eigenvalue weighted by molar-refractivity contribution is -0.117. The lowest BCUT2D eigenvalue weighted by Gasteiger charge is -2.01. The Morgan fingerprint density at radius 2 is 1.96 bits per heavy atom. The molecule has 0 aliphatic carbocycles. The van der Waals surface area contributed by atoms with E-state index in [1.807, 2.05) is 23.6 Å². The fraction of sp³-hybridized carbons (Fsp3) is 0.222. The highest BCUT2D eigenvalue weighted by atomic mass is 32.1. The molecule has 0 radical (unpaired) electrons. The number of aryl methyl sites for hydroxylation is 1. The summed E-state index contributed by atoms with van der Waals surface area (Å²) in [5.41, 5.74) is 1.70. The van der Waals surface area contributed by atoms with Gasteiger partial charge in [0.25, 0.3) is 5.91 Å². The lowest BCUT2D eigenvalue weighted by Crippen LogP contribution is -2.16. The van der Waals surface area contributed by atoms with Gasteiger partial charge in [-0.25, -0.2) is 4.39 Å². The van der Waals surface area contributed by atoms with Crippen LogP contribution in [-0.4, -0.2) is 17.3 Å².